The van der Waals surface area contributed by atoms with Crippen LogP contribution in [0.5, 0.6) is 0 Å². The second-order valence-electron chi connectivity index (χ2n) is 5.08. The minimum Gasteiger partial charge on any atom is -0.466 e. The van der Waals surface area contributed by atoms with E-state index in [0.717, 1.165) is 6.08 Å². The fraction of sp³-hybridized carbons (Fsp3) is 0.176. The highest BCUT2D eigenvalue weighted by Gasteiger charge is 2.14. The first-order chi connectivity index (χ1) is 12.3. The predicted octanol–water partition coefficient (Wildman–Crippen LogP) is 1.39. The number of ether oxygens (including phenoxy) is 2. The fourth-order valence-corrected chi connectivity index (χ4v) is 2.07. The average Bonchev–Trinajstić information content (AvgIpc) is 2.60. The summed E-state index contributed by atoms with van der Waals surface area (Å²) < 4.78 is 14.2. The van der Waals surface area contributed by atoms with Crippen LogP contribution in [-0.2, 0) is 23.9 Å². The molecule has 2 N–H and O–H groups in total. The Balaban J connectivity index is 2.42. The first kappa shape index (κ1) is 18.7. The molecule has 0 fully saturated rings. The highest BCUT2D eigenvalue weighted by atomic mass is 16.5. The van der Waals surface area contributed by atoms with Gasteiger partial charge in [0.1, 0.15) is 17.0 Å². The molecule has 9 nitrogen and oxygen atoms in total. The topological polar surface area (TPSA) is 124 Å². The van der Waals surface area contributed by atoms with Crippen molar-refractivity contribution >= 4 is 40.2 Å². The van der Waals surface area contributed by atoms with E-state index >= 15 is 0 Å². The largest absolute Gasteiger partial charge is 0.466 e. The van der Waals surface area contributed by atoms with Crippen LogP contribution in [0.3, 0.4) is 0 Å². The van der Waals surface area contributed by atoms with Gasteiger partial charge in [-0.05, 0) is 24.3 Å². The first-order valence-corrected chi connectivity index (χ1v) is 7.34. The molecule has 0 bridgehead atoms. The maximum atomic E-state index is 11.8. The van der Waals surface area contributed by atoms with Crippen molar-refractivity contribution in [2.45, 2.75) is 6.92 Å². The zero-order valence-corrected chi connectivity index (χ0v) is 14.2. The number of methoxy groups -OCH3 is 2. The number of hydrogen-bond acceptors (Lipinski definition) is 8. The molecule has 136 valence electrons. The number of esters is 2. The molecular formula is C17H16N2O7. The Morgan fingerprint density at radius 2 is 1.81 bits per heavy atom. The summed E-state index contributed by atoms with van der Waals surface area (Å²) in [5.41, 5.74) is -0.139. The highest BCUT2D eigenvalue weighted by molar-refractivity contribution is 5.99. The normalized spacial score (nSPS) is 11.0. The molecular weight excluding hydrogens is 344 g/mol. The first-order valence-electron chi connectivity index (χ1n) is 7.34. The van der Waals surface area contributed by atoms with E-state index in [-0.39, 0.29) is 17.0 Å². The van der Waals surface area contributed by atoms with Gasteiger partial charge in [0, 0.05) is 18.0 Å². The van der Waals surface area contributed by atoms with E-state index in [0.29, 0.717) is 11.1 Å². The number of hydrogen-bond donors (Lipinski definition) is 2. The van der Waals surface area contributed by atoms with Crippen LogP contribution in [0.2, 0.25) is 0 Å². The summed E-state index contributed by atoms with van der Waals surface area (Å²) in [4.78, 5) is 46.1. The molecule has 0 atom stereocenters. The van der Waals surface area contributed by atoms with Gasteiger partial charge in [-0.15, -0.1) is 0 Å². The number of benzene rings is 1. The second kappa shape index (κ2) is 7.97. The SMILES string of the molecule is COC(=O)C=C(Nc1ccc2oc(=O)c(NC(C)=O)cc2c1)C(=O)OC. The Labute approximate surface area is 147 Å². The number of rotatable bonds is 5. The van der Waals surface area contributed by atoms with Crippen molar-refractivity contribution in [3.63, 3.8) is 0 Å². The van der Waals surface area contributed by atoms with Crippen LogP contribution in [0.25, 0.3) is 11.0 Å². The van der Waals surface area contributed by atoms with Gasteiger partial charge >= 0.3 is 17.6 Å². The summed E-state index contributed by atoms with van der Waals surface area (Å²) in [6, 6.07) is 6.05. The lowest BCUT2D eigenvalue weighted by atomic mass is 10.2. The van der Waals surface area contributed by atoms with Crippen LogP contribution in [0.15, 0.2) is 45.3 Å². The van der Waals surface area contributed by atoms with Crippen molar-refractivity contribution in [2.75, 3.05) is 24.9 Å². The Bertz CT molecular complexity index is 959. The molecule has 26 heavy (non-hydrogen) atoms. The van der Waals surface area contributed by atoms with Crippen molar-refractivity contribution in [2.24, 2.45) is 0 Å². The molecule has 0 aliphatic rings. The van der Waals surface area contributed by atoms with Crippen LogP contribution < -0.4 is 16.3 Å². The summed E-state index contributed by atoms with van der Waals surface area (Å²) in [7, 11) is 2.35. The van der Waals surface area contributed by atoms with Crippen LogP contribution in [0.1, 0.15) is 6.92 Å². The molecule has 0 aliphatic heterocycles. The van der Waals surface area contributed by atoms with Crippen LogP contribution in [-0.4, -0.2) is 32.1 Å². The number of amides is 1. The number of fused-ring (bicyclic) bond motifs is 1. The molecule has 0 saturated carbocycles. The summed E-state index contributed by atoms with van der Waals surface area (Å²) in [6.45, 7) is 1.27. The molecule has 0 aliphatic carbocycles. The van der Waals surface area contributed by atoms with Crippen molar-refractivity contribution in [1.29, 1.82) is 0 Å². The fourth-order valence-electron chi connectivity index (χ4n) is 2.07. The number of carbonyl (C=O) groups is 3. The second-order valence-corrected chi connectivity index (χ2v) is 5.08. The van der Waals surface area contributed by atoms with Gasteiger partial charge in [-0.1, -0.05) is 0 Å². The van der Waals surface area contributed by atoms with E-state index in [2.05, 4.69) is 20.1 Å². The third-order valence-corrected chi connectivity index (χ3v) is 3.19. The van der Waals surface area contributed by atoms with E-state index in [1.165, 1.54) is 39.3 Å². The van der Waals surface area contributed by atoms with E-state index in [9.17, 15) is 19.2 Å². The maximum absolute atomic E-state index is 11.8. The molecule has 2 aromatic rings. The van der Waals surface area contributed by atoms with Gasteiger partial charge in [-0.25, -0.2) is 14.4 Å². The van der Waals surface area contributed by atoms with Gasteiger partial charge in [0.2, 0.25) is 5.91 Å². The van der Waals surface area contributed by atoms with Crippen molar-refractivity contribution in [1.82, 2.24) is 0 Å². The summed E-state index contributed by atoms with van der Waals surface area (Å²) in [5.74, 6) is -1.92. The zero-order chi connectivity index (χ0) is 19.3. The lowest BCUT2D eigenvalue weighted by Crippen LogP contribution is -2.16. The van der Waals surface area contributed by atoms with Crippen molar-refractivity contribution in [3.8, 4) is 0 Å². The third-order valence-electron chi connectivity index (χ3n) is 3.19. The Hall–Kier alpha value is -3.62. The van der Waals surface area contributed by atoms with E-state index in [4.69, 9.17) is 4.42 Å². The van der Waals surface area contributed by atoms with Gasteiger partial charge in [0.05, 0.1) is 20.3 Å². The van der Waals surface area contributed by atoms with E-state index in [1.807, 2.05) is 0 Å². The zero-order valence-electron chi connectivity index (χ0n) is 14.2. The molecule has 0 unspecified atom stereocenters. The smallest absolute Gasteiger partial charge is 0.360 e. The lowest BCUT2D eigenvalue weighted by molar-refractivity contribution is -0.138. The summed E-state index contributed by atoms with van der Waals surface area (Å²) in [6.07, 6.45) is 0.948. The van der Waals surface area contributed by atoms with Crippen LogP contribution in [0.4, 0.5) is 11.4 Å². The van der Waals surface area contributed by atoms with Gasteiger partial charge in [0.15, 0.2) is 0 Å². The van der Waals surface area contributed by atoms with Gasteiger partial charge in [-0.2, -0.15) is 0 Å². The quantitative estimate of drug-likeness (QED) is 0.466. The minimum atomic E-state index is -0.769. The highest BCUT2D eigenvalue weighted by Crippen LogP contribution is 2.21. The van der Waals surface area contributed by atoms with Gasteiger partial charge in [-0.3, -0.25) is 4.79 Å². The van der Waals surface area contributed by atoms with Gasteiger partial charge < -0.3 is 24.5 Å². The standard InChI is InChI=1S/C17H16N2O7/c1-9(20)18-12-7-10-6-11(4-5-14(10)26-17(12)23)19-13(16(22)25-3)8-15(21)24-2/h4-8,19H,1-3H3,(H,18,20). The minimum absolute atomic E-state index is 0.0135. The molecule has 1 aromatic carbocycles. The molecule has 1 aromatic heterocycles. The summed E-state index contributed by atoms with van der Waals surface area (Å²) in [5, 5.41) is 5.60. The molecule has 0 spiro atoms. The number of carbonyl (C=O) groups excluding carboxylic acids is 3. The number of nitrogens with one attached hydrogen (secondary N) is 2. The van der Waals surface area contributed by atoms with Crippen molar-refractivity contribution in [3.05, 3.63) is 46.5 Å². The maximum Gasteiger partial charge on any atom is 0.360 e. The van der Waals surface area contributed by atoms with E-state index in [1.54, 1.807) is 6.07 Å². The molecule has 1 heterocycles. The molecule has 0 saturated heterocycles. The molecule has 1 amide bonds. The molecule has 0 radical (unpaired) electrons. The lowest BCUT2D eigenvalue weighted by Gasteiger charge is -2.10. The third kappa shape index (κ3) is 4.47. The number of anilines is 2. The van der Waals surface area contributed by atoms with Crippen LogP contribution in [0, 0.1) is 0 Å². The summed E-state index contributed by atoms with van der Waals surface area (Å²) >= 11 is 0. The van der Waals surface area contributed by atoms with Crippen LogP contribution >= 0.6 is 0 Å². The van der Waals surface area contributed by atoms with E-state index < -0.39 is 23.5 Å². The monoisotopic (exact) mass is 360 g/mol. The Kier molecular flexibility index (Phi) is 5.74. The predicted molar refractivity (Wildman–Crippen MR) is 92.5 cm³/mol. The average molecular weight is 360 g/mol. The van der Waals surface area contributed by atoms with Gasteiger partial charge in [0.25, 0.3) is 0 Å². The Morgan fingerprint density at radius 3 is 2.42 bits per heavy atom. The molecule has 2 rings (SSSR count). The molecule has 9 heteroatoms. The Morgan fingerprint density at radius 1 is 1.08 bits per heavy atom. The van der Waals surface area contributed by atoms with Crippen molar-refractivity contribution < 1.29 is 28.3 Å².